The molecule has 4 saturated carbocycles. The van der Waals surface area contributed by atoms with Crippen molar-refractivity contribution in [1.29, 1.82) is 0 Å². The van der Waals surface area contributed by atoms with E-state index in [2.05, 4.69) is 12.1 Å². The number of benzene rings is 1. The molecule has 5 aliphatic rings. The first kappa shape index (κ1) is 18.0. The fourth-order valence-electron chi connectivity index (χ4n) is 6.74. The van der Waals surface area contributed by atoms with Crippen molar-refractivity contribution in [1.82, 2.24) is 4.90 Å². The monoisotopic (exact) mass is 389 g/mol. The molecule has 1 aromatic carbocycles. The highest BCUT2D eigenvalue weighted by molar-refractivity contribution is 6.30. The summed E-state index contributed by atoms with van der Waals surface area (Å²) >= 11 is 6.08. The van der Waals surface area contributed by atoms with Gasteiger partial charge in [-0.05, 0) is 78.9 Å². The van der Waals surface area contributed by atoms with Gasteiger partial charge in [0.15, 0.2) is 0 Å². The van der Waals surface area contributed by atoms with Crippen molar-refractivity contribution in [3.63, 3.8) is 0 Å². The van der Waals surface area contributed by atoms with E-state index in [1.807, 2.05) is 17.0 Å². The lowest BCUT2D eigenvalue weighted by atomic mass is 9.42. The molecule has 27 heavy (non-hydrogen) atoms. The van der Waals surface area contributed by atoms with Gasteiger partial charge in [0.2, 0.25) is 5.91 Å². The second-order valence-corrected chi connectivity index (χ2v) is 9.95. The molecule has 0 spiro atoms. The molecule has 1 saturated heterocycles. The maximum absolute atomic E-state index is 13.0. The number of amides is 1. The number of nitrogens with zero attached hydrogens (tertiary/aromatic N) is 1. The van der Waals surface area contributed by atoms with Crippen molar-refractivity contribution in [3.05, 3.63) is 34.9 Å². The van der Waals surface area contributed by atoms with Crippen molar-refractivity contribution in [2.24, 2.45) is 29.1 Å². The number of aliphatic hydroxyl groups excluding tert-OH is 2. The summed E-state index contributed by atoms with van der Waals surface area (Å²) in [6, 6.07) is 8.08. The van der Waals surface area contributed by atoms with Crippen LogP contribution in [0.1, 0.15) is 37.7 Å². The molecule has 0 aromatic heterocycles. The highest BCUT2D eigenvalue weighted by Crippen LogP contribution is 2.64. The van der Waals surface area contributed by atoms with E-state index in [0.717, 1.165) is 37.1 Å². The highest BCUT2D eigenvalue weighted by atomic mass is 35.5. The molecule has 0 radical (unpaired) electrons. The average molecular weight is 390 g/mol. The van der Waals surface area contributed by atoms with Crippen LogP contribution in [0.25, 0.3) is 0 Å². The van der Waals surface area contributed by atoms with Gasteiger partial charge in [0.1, 0.15) is 0 Å². The van der Waals surface area contributed by atoms with Crippen LogP contribution < -0.4 is 0 Å². The van der Waals surface area contributed by atoms with Gasteiger partial charge in [0.05, 0.1) is 12.2 Å². The summed E-state index contributed by atoms with van der Waals surface area (Å²) in [7, 11) is 0. The zero-order chi connectivity index (χ0) is 18.8. The normalized spacial score (nSPS) is 40.3. The van der Waals surface area contributed by atoms with Gasteiger partial charge in [-0.1, -0.05) is 23.7 Å². The second kappa shape index (κ2) is 6.47. The van der Waals surface area contributed by atoms with Crippen LogP contribution in [0.5, 0.6) is 0 Å². The molecular weight excluding hydrogens is 362 g/mol. The van der Waals surface area contributed by atoms with Gasteiger partial charge >= 0.3 is 0 Å². The number of halogens is 1. The SMILES string of the molecule is O=C(CC1(Cc2ccc(Cl)cc2)C2CC3CC1CC(C2)C3O)N1CC(O)C1. The Bertz CT molecular complexity index is 698. The van der Waals surface area contributed by atoms with Crippen LogP contribution in [0.2, 0.25) is 5.02 Å². The van der Waals surface area contributed by atoms with E-state index in [0.29, 0.717) is 43.2 Å². The molecule has 4 aliphatic carbocycles. The molecule has 0 atom stereocenters. The zero-order valence-electron chi connectivity index (χ0n) is 15.6. The number of carbonyl (C=O) groups excluding carboxylic acids is 1. The summed E-state index contributed by atoms with van der Waals surface area (Å²) in [5.74, 6) is 2.06. The Morgan fingerprint density at radius 1 is 1.04 bits per heavy atom. The van der Waals surface area contributed by atoms with Gasteiger partial charge in [0.25, 0.3) is 0 Å². The molecule has 1 amide bonds. The van der Waals surface area contributed by atoms with E-state index < -0.39 is 0 Å². The molecule has 2 N–H and O–H groups in total. The quantitative estimate of drug-likeness (QED) is 0.832. The van der Waals surface area contributed by atoms with Crippen LogP contribution in [0.15, 0.2) is 24.3 Å². The minimum Gasteiger partial charge on any atom is -0.393 e. The molecule has 6 rings (SSSR count). The number of β-amino-alcohol motifs (C(OH)–C–C–N with tert-alkyl or cyclic N) is 1. The minimum absolute atomic E-state index is 0.0153. The molecule has 1 heterocycles. The van der Waals surface area contributed by atoms with Crippen molar-refractivity contribution in [3.8, 4) is 0 Å². The van der Waals surface area contributed by atoms with Crippen molar-refractivity contribution < 1.29 is 15.0 Å². The number of likely N-dealkylation sites (tertiary alicyclic amines) is 1. The number of aliphatic hydroxyl groups is 2. The zero-order valence-corrected chi connectivity index (χ0v) is 16.3. The fraction of sp³-hybridized carbons (Fsp3) is 0.682. The van der Waals surface area contributed by atoms with Crippen LogP contribution in [0.3, 0.4) is 0 Å². The minimum atomic E-state index is -0.352. The van der Waals surface area contributed by atoms with Crippen molar-refractivity contribution in [2.75, 3.05) is 13.1 Å². The first-order chi connectivity index (χ1) is 12.9. The molecule has 5 fully saturated rings. The molecule has 146 valence electrons. The van der Waals surface area contributed by atoms with Gasteiger partial charge in [-0.3, -0.25) is 4.79 Å². The Labute approximate surface area is 165 Å². The second-order valence-electron chi connectivity index (χ2n) is 9.51. The van der Waals surface area contributed by atoms with E-state index in [1.54, 1.807) is 0 Å². The summed E-state index contributed by atoms with van der Waals surface area (Å²) in [6.07, 6.45) is 5.22. The van der Waals surface area contributed by atoms with Gasteiger partial charge in [-0.2, -0.15) is 0 Å². The van der Waals surface area contributed by atoms with Crippen molar-refractivity contribution >= 4 is 17.5 Å². The lowest BCUT2D eigenvalue weighted by Crippen LogP contribution is -2.61. The molecule has 5 heteroatoms. The van der Waals surface area contributed by atoms with Gasteiger partial charge in [-0.25, -0.2) is 0 Å². The third kappa shape index (κ3) is 2.92. The van der Waals surface area contributed by atoms with Crippen LogP contribution in [-0.4, -0.2) is 46.3 Å². The number of hydrogen-bond acceptors (Lipinski definition) is 3. The van der Waals surface area contributed by atoms with Crippen LogP contribution in [0, 0.1) is 29.1 Å². The number of carbonyl (C=O) groups is 1. The fourth-order valence-corrected chi connectivity index (χ4v) is 6.86. The van der Waals surface area contributed by atoms with E-state index in [-0.39, 0.29) is 23.5 Å². The third-order valence-electron chi connectivity index (χ3n) is 8.08. The molecule has 0 unspecified atom stereocenters. The summed E-state index contributed by atoms with van der Waals surface area (Å²) in [5, 5.41) is 20.9. The Balaban J connectivity index is 1.44. The molecule has 4 bridgehead atoms. The molecular formula is C22H28ClNO3. The Kier molecular flexibility index (Phi) is 4.30. The maximum atomic E-state index is 13.0. The largest absolute Gasteiger partial charge is 0.393 e. The topological polar surface area (TPSA) is 60.8 Å². The summed E-state index contributed by atoms with van der Waals surface area (Å²) in [6.45, 7) is 0.963. The first-order valence-electron chi connectivity index (χ1n) is 10.3. The van der Waals surface area contributed by atoms with E-state index in [9.17, 15) is 15.0 Å². The van der Waals surface area contributed by atoms with Crippen LogP contribution in [-0.2, 0) is 11.2 Å². The van der Waals surface area contributed by atoms with Crippen molar-refractivity contribution in [2.45, 2.75) is 50.7 Å². The molecule has 1 aliphatic heterocycles. The van der Waals surface area contributed by atoms with Crippen LogP contribution in [0.4, 0.5) is 0 Å². The molecule has 4 nitrogen and oxygen atoms in total. The summed E-state index contributed by atoms with van der Waals surface area (Å²) < 4.78 is 0. The average Bonchev–Trinajstić information content (AvgIpc) is 2.59. The van der Waals surface area contributed by atoms with Gasteiger partial charge in [0, 0.05) is 24.5 Å². The van der Waals surface area contributed by atoms with Crippen LogP contribution >= 0.6 is 11.6 Å². The van der Waals surface area contributed by atoms with Gasteiger partial charge < -0.3 is 15.1 Å². The van der Waals surface area contributed by atoms with Gasteiger partial charge in [-0.15, -0.1) is 0 Å². The highest BCUT2D eigenvalue weighted by Gasteiger charge is 2.60. The van der Waals surface area contributed by atoms with E-state index in [1.165, 1.54) is 5.56 Å². The lowest BCUT2D eigenvalue weighted by Gasteiger charge is -2.63. The lowest BCUT2D eigenvalue weighted by molar-refractivity contribution is -0.179. The Morgan fingerprint density at radius 3 is 2.11 bits per heavy atom. The third-order valence-corrected chi connectivity index (χ3v) is 8.33. The maximum Gasteiger partial charge on any atom is 0.223 e. The Hall–Kier alpha value is -1.10. The number of rotatable bonds is 4. The predicted octanol–water partition coefficient (Wildman–Crippen LogP) is 2.89. The van der Waals surface area contributed by atoms with E-state index in [4.69, 9.17) is 11.6 Å². The predicted molar refractivity (Wildman–Crippen MR) is 103 cm³/mol. The summed E-state index contributed by atoms with van der Waals surface area (Å²) in [5.41, 5.74) is 1.24. The first-order valence-corrected chi connectivity index (χ1v) is 10.7. The van der Waals surface area contributed by atoms with E-state index >= 15 is 0 Å². The summed E-state index contributed by atoms with van der Waals surface area (Å²) in [4.78, 5) is 14.8. The Morgan fingerprint density at radius 2 is 1.59 bits per heavy atom. The standard InChI is InChI=1S/C22H28ClNO3/c23-18-3-1-13(2-4-18)9-22(10-20(26)24-11-19(25)12-24)16-5-14-6-17(22)8-15(7-16)21(14)27/h1-4,14-17,19,21,25,27H,5-12H2. The smallest absolute Gasteiger partial charge is 0.223 e. The number of hydrogen-bond donors (Lipinski definition) is 2. The molecule has 1 aromatic rings.